The highest BCUT2D eigenvalue weighted by Crippen LogP contribution is 2.46. The van der Waals surface area contributed by atoms with Crippen LogP contribution in [0.5, 0.6) is 0 Å². The zero-order chi connectivity index (χ0) is 16.1. The van der Waals surface area contributed by atoms with E-state index in [-0.39, 0.29) is 17.5 Å². The van der Waals surface area contributed by atoms with Crippen molar-refractivity contribution in [2.75, 3.05) is 0 Å². The predicted molar refractivity (Wildman–Crippen MR) is 72.3 cm³/mol. The van der Waals surface area contributed by atoms with Crippen molar-refractivity contribution in [2.24, 2.45) is 0 Å². The van der Waals surface area contributed by atoms with E-state index in [2.05, 4.69) is 0 Å². The number of aryl methyl sites for hydroxylation is 1. The van der Waals surface area contributed by atoms with Crippen molar-refractivity contribution >= 4 is 0 Å². The van der Waals surface area contributed by atoms with Gasteiger partial charge in [0.15, 0.2) is 6.17 Å². The fraction of sp³-hybridized carbons (Fsp3) is 0.312. The number of hydrogen-bond acceptors (Lipinski definition) is 1. The van der Waals surface area contributed by atoms with Crippen LogP contribution in [0.1, 0.15) is 35.0 Å². The largest absolute Gasteiger partial charge is 0.320 e. The molecule has 0 aliphatic heterocycles. The van der Waals surface area contributed by atoms with Gasteiger partial charge in [0.25, 0.3) is 5.92 Å². The summed E-state index contributed by atoms with van der Waals surface area (Å²) in [7, 11) is 0. The first-order valence-corrected chi connectivity index (χ1v) is 6.78. The second-order valence-corrected chi connectivity index (χ2v) is 5.44. The van der Waals surface area contributed by atoms with Crippen LogP contribution < -0.4 is 0 Å². The molecule has 114 valence electrons. The first-order chi connectivity index (χ1) is 10.3. The van der Waals surface area contributed by atoms with Crippen molar-refractivity contribution in [2.45, 2.75) is 31.9 Å². The molecule has 6 heteroatoms. The molecule has 0 unspecified atom stereocenters. The summed E-state index contributed by atoms with van der Waals surface area (Å²) in [5.41, 5.74) is 1.19. The van der Waals surface area contributed by atoms with Gasteiger partial charge in [-0.25, -0.2) is 17.6 Å². The van der Waals surface area contributed by atoms with Crippen LogP contribution in [0.4, 0.5) is 17.6 Å². The van der Waals surface area contributed by atoms with E-state index >= 15 is 0 Å². The summed E-state index contributed by atoms with van der Waals surface area (Å²) in [6.07, 6.45) is -1.34. The summed E-state index contributed by atoms with van der Waals surface area (Å²) in [5, 5.41) is 8.89. The Hall–Kier alpha value is -2.29. The van der Waals surface area contributed by atoms with Crippen molar-refractivity contribution < 1.29 is 17.6 Å². The van der Waals surface area contributed by atoms with Crippen molar-refractivity contribution in [1.29, 1.82) is 5.26 Å². The van der Waals surface area contributed by atoms with Gasteiger partial charge in [-0.15, -0.1) is 0 Å². The summed E-state index contributed by atoms with van der Waals surface area (Å²) in [6, 6.07) is 5.64. The maximum atomic E-state index is 14.1. The van der Waals surface area contributed by atoms with E-state index < -0.39 is 24.3 Å². The number of alkyl halides is 3. The number of halogens is 4. The molecule has 0 saturated heterocycles. The van der Waals surface area contributed by atoms with Crippen LogP contribution in [-0.2, 0) is 6.42 Å². The van der Waals surface area contributed by atoms with Gasteiger partial charge in [0.05, 0.1) is 5.56 Å². The molecule has 1 aliphatic carbocycles. The van der Waals surface area contributed by atoms with E-state index in [0.29, 0.717) is 16.9 Å². The third-order valence-corrected chi connectivity index (χ3v) is 4.02. The summed E-state index contributed by atoms with van der Waals surface area (Å²) in [5.74, 6) is -4.02. The van der Waals surface area contributed by atoms with Crippen LogP contribution in [0.3, 0.4) is 0 Å². The predicted octanol–water partition coefficient (Wildman–Crippen LogP) is 4.39. The van der Waals surface area contributed by atoms with Crippen LogP contribution in [-0.4, -0.2) is 10.5 Å². The Morgan fingerprint density at radius 1 is 1.36 bits per heavy atom. The minimum atomic E-state index is -3.37. The van der Waals surface area contributed by atoms with Crippen LogP contribution in [0, 0.1) is 24.1 Å². The highest BCUT2D eigenvalue weighted by Gasteiger charge is 2.47. The quantitative estimate of drug-likeness (QED) is 0.718. The van der Waals surface area contributed by atoms with Crippen molar-refractivity contribution in [3.63, 3.8) is 0 Å². The molecule has 1 aromatic carbocycles. The van der Waals surface area contributed by atoms with Crippen molar-refractivity contribution in [3.8, 4) is 11.8 Å². The number of benzene rings is 1. The Labute approximate surface area is 124 Å². The smallest absolute Gasteiger partial charge is 0.283 e. The van der Waals surface area contributed by atoms with E-state index in [1.807, 2.05) is 0 Å². The number of nitriles is 1. The summed E-state index contributed by atoms with van der Waals surface area (Å²) < 4.78 is 56.2. The number of fused-ring (bicyclic) bond motifs is 1. The molecular weight excluding hydrogens is 296 g/mol. The Bertz CT molecular complexity index is 786. The highest BCUT2D eigenvalue weighted by molar-refractivity contribution is 5.48. The van der Waals surface area contributed by atoms with Gasteiger partial charge in [-0.2, -0.15) is 5.26 Å². The molecule has 0 bridgehead atoms. The maximum absolute atomic E-state index is 14.1. The molecule has 1 aromatic heterocycles. The van der Waals surface area contributed by atoms with Crippen LogP contribution >= 0.6 is 0 Å². The molecule has 0 saturated carbocycles. The number of nitrogens with zero attached hydrogens (tertiary/aromatic N) is 2. The van der Waals surface area contributed by atoms with Crippen LogP contribution in [0.25, 0.3) is 5.69 Å². The molecule has 2 aromatic rings. The fourth-order valence-electron chi connectivity index (χ4n) is 2.90. The van der Waals surface area contributed by atoms with Gasteiger partial charge in [-0.3, -0.25) is 0 Å². The number of rotatable bonds is 1. The van der Waals surface area contributed by atoms with Crippen LogP contribution in [0.2, 0.25) is 0 Å². The highest BCUT2D eigenvalue weighted by atomic mass is 19.3. The molecule has 0 N–H and O–H groups in total. The Morgan fingerprint density at radius 2 is 2.09 bits per heavy atom. The molecule has 0 fully saturated rings. The molecule has 1 aliphatic rings. The average Bonchev–Trinajstić information content (AvgIpc) is 2.81. The third kappa shape index (κ3) is 2.08. The molecule has 22 heavy (non-hydrogen) atoms. The fourth-order valence-corrected chi connectivity index (χ4v) is 2.90. The van der Waals surface area contributed by atoms with Crippen molar-refractivity contribution in [1.82, 2.24) is 4.57 Å². The number of aromatic nitrogens is 1. The summed E-state index contributed by atoms with van der Waals surface area (Å²) >= 11 is 0. The monoisotopic (exact) mass is 308 g/mol. The summed E-state index contributed by atoms with van der Waals surface area (Å²) in [4.78, 5) is 0. The van der Waals surface area contributed by atoms with Gasteiger partial charge < -0.3 is 4.57 Å². The molecule has 0 radical (unpaired) electrons. The first kappa shape index (κ1) is 14.6. The van der Waals surface area contributed by atoms with Crippen molar-refractivity contribution in [3.05, 3.63) is 52.6 Å². The van der Waals surface area contributed by atoms with Gasteiger partial charge in [-0.05, 0) is 37.1 Å². The SMILES string of the molecule is Cc1cn(-c2ccc(F)c(C#N)c2)c2c1[C@H](F)C(F)(F)CC2. The van der Waals surface area contributed by atoms with Gasteiger partial charge in [0, 0.05) is 29.6 Å². The van der Waals surface area contributed by atoms with Gasteiger partial charge >= 0.3 is 0 Å². The van der Waals surface area contributed by atoms with Crippen LogP contribution in [0.15, 0.2) is 24.4 Å². The average molecular weight is 308 g/mol. The van der Waals surface area contributed by atoms with Gasteiger partial charge in [-0.1, -0.05) is 0 Å². The molecule has 2 nitrogen and oxygen atoms in total. The van der Waals surface area contributed by atoms with E-state index in [0.717, 1.165) is 6.07 Å². The Morgan fingerprint density at radius 3 is 2.77 bits per heavy atom. The first-order valence-electron chi connectivity index (χ1n) is 6.78. The second-order valence-electron chi connectivity index (χ2n) is 5.44. The Balaban J connectivity index is 2.16. The molecule has 0 spiro atoms. The lowest BCUT2D eigenvalue weighted by Crippen LogP contribution is -2.30. The number of hydrogen-bond donors (Lipinski definition) is 0. The van der Waals surface area contributed by atoms with Gasteiger partial charge in [0.1, 0.15) is 11.9 Å². The minimum Gasteiger partial charge on any atom is -0.320 e. The second kappa shape index (κ2) is 4.87. The summed E-state index contributed by atoms with van der Waals surface area (Å²) in [6.45, 7) is 1.57. The lowest BCUT2D eigenvalue weighted by molar-refractivity contribution is -0.0868. The molecule has 0 amide bonds. The molecule has 3 rings (SSSR count). The van der Waals surface area contributed by atoms with E-state index in [1.54, 1.807) is 23.8 Å². The minimum absolute atomic E-state index is 0.000849. The molecule has 1 heterocycles. The standard InChI is InChI=1S/C16H12F4N2/c1-9-8-22(11-2-3-12(17)10(6-11)7-21)13-4-5-16(19,20)15(18)14(9)13/h2-3,6,8,15H,4-5H2,1H3/t15-/m0/s1. The lowest BCUT2D eigenvalue weighted by atomic mass is 9.90. The maximum Gasteiger partial charge on any atom is 0.283 e. The van der Waals surface area contributed by atoms with E-state index in [1.165, 1.54) is 12.1 Å². The third-order valence-electron chi connectivity index (χ3n) is 4.02. The lowest BCUT2D eigenvalue weighted by Gasteiger charge is -2.27. The topological polar surface area (TPSA) is 28.7 Å². The van der Waals surface area contributed by atoms with E-state index in [4.69, 9.17) is 5.26 Å². The van der Waals surface area contributed by atoms with E-state index in [9.17, 15) is 17.6 Å². The molecule has 1 atom stereocenters. The van der Waals surface area contributed by atoms with Gasteiger partial charge in [0.2, 0.25) is 0 Å². The Kier molecular flexibility index (Phi) is 3.24. The zero-order valence-electron chi connectivity index (χ0n) is 11.7. The molecular formula is C16H12F4N2. The zero-order valence-corrected chi connectivity index (χ0v) is 11.7. The normalized spacial score (nSPS) is 19.5.